The quantitative estimate of drug-likeness (QED) is 0.778. The number of likely N-dealkylation sites (N-methyl/N-ethyl adjacent to an activating group) is 1. The summed E-state index contributed by atoms with van der Waals surface area (Å²) in [5, 5.41) is 3.83. The standard InChI is InChI=1S/C27H38N4/c1-27(2)12-15-31(16-13-27)24-10-5-8-21-18-29-22(17-23(21)24)19-30(3)25-11-4-7-20-9-6-14-28-26(20)25/h5-6,8-10,14,22,25,29H,4,7,11-13,15-19H2,1-3H3/t22-,25-/m0/s1. The average Bonchev–Trinajstić information content (AvgIpc) is 2.78. The zero-order valence-corrected chi connectivity index (χ0v) is 19.5. The molecule has 31 heavy (non-hydrogen) atoms. The minimum atomic E-state index is 0.452. The highest BCUT2D eigenvalue weighted by atomic mass is 15.2. The van der Waals surface area contributed by atoms with Gasteiger partial charge in [-0.15, -0.1) is 0 Å². The topological polar surface area (TPSA) is 31.4 Å². The molecule has 1 aromatic carbocycles. The molecular weight excluding hydrogens is 380 g/mol. The van der Waals surface area contributed by atoms with E-state index in [0.29, 0.717) is 17.5 Å². The van der Waals surface area contributed by atoms with Gasteiger partial charge < -0.3 is 10.2 Å². The van der Waals surface area contributed by atoms with Crippen LogP contribution >= 0.6 is 0 Å². The molecule has 0 spiro atoms. The molecule has 1 N–H and O–H groups in total. The Morgan fingerprint density at radius 1 is 1.13 bits per heavy atom. The lowest BCUT2D eigenvalue weighted by molar-refractivity contribution is 0.191. The lowest BCUT2D eigenvalue weighted by Crippen LogP contribution is -2.46. The summed E-state index contributed by atoms with van der Waals surface area (Å²) in [5.41, 5.74) is 7.81. The van der Waals surface area contributed by atoms with Crippen LogP contribution in [0, 0.1) is 5.41 Å². The van der Waals surface area contributed by atoms with E-state index in [9.17, 15) is 0 Å². The Balaban J connectivity index is 1.30. The van der Waals surface area contributed by atoms with Crippen LogP contribution in [0.2, 0.25) is 0 Å². The lowest BCUT2D eigenvalue weighted by Gasteiger charge is -2.41. The molecule has 0 radical (unpaired) electrons. The SMILES string of the molecule is CN(C[C@@H]1Cc2c(cccc2N2CCC(C)(C)CC2)CN1)[C@H]1CCCc2cccnc21. The maximum atomic E-state index is 4.77. The molecule has 1 aliphatic carbocycles. The summed E-state index contributed by atoms with van der Waals surface area (Å²) in [6.07, 6.45) is 9.33. The largest absolute Gasteiger partial charge is 0.371 e. The highest BCUT2D eigenvalue weighted by molar-refractivity contribution is 5.58. The molecule has 0 unspecified atom stereocenters. The van der Waals surface area contributed by atoms with E-state index in [0.717, 1.165) is 19.5 Å². The maximum absolute atomic E-state index is 4.77. The van der Waals surface area contributed by atoms with Gasteiger partial charge in [-0.1, -0.05) is 32.0 Å². The van der Waals surface area contributed by atoms with Crippen molar-refractivity contribution in [1.82, 2.24) is 15.2 Å². The van der Waals surface area contributed by atoms with Crippen molar-refractivity contribution in [2.75, 3.05) is 31.6 Å². The number of hydrogen-bond donors (Lipinski definition) is 1. The van der Waals surface area contributed by atoms with Crippen molar-refractivity contribution < 1.29 is 0 Å². The summed E-state index contributed by atoms with van der Waals surface area (Å²) in [5.74, 6) is 0. The number of fused-ring (bicyclic) bond motifs is 2. The number of rotatable bonds is 4. The van der Waals surface area contributed by atoms with Crippen LogP contribution in [0.25, 0.3) is 0 Å². The predicted molar refractivity (Wildman–Crippen MR) is 129 cm³/mol. The van der Waals surface area contributed by atoms with Gasteiger partial charge in [0, 0.05) is 44.1 Å². The minimum Gasteiger partial charge on any atom is -0.371 e. The van der Waals surface area contributed by atoms with Gasteiger partial charge in [-0.2, -0.15) is 0 Å². The number of aryl methyl sites for hydroxylation is 1. The molecule has 2 atom stereocenters. The fourth-order valence-electron chi connectivity index (χ4n) is 5.86. The number of benzene rings is 1. The molecule has 1 saturated heterocycles. The molecular formula is C27H38N4. The third-order valence-corrected chi connectivity index (χ3v) is 7.94. The van der Waals surface area contributed by atoms with Gasteiger partial charge in [0.1, 0.15) is 0 Å². The Bertz CT molecular complexity index is 911. The molecule has 3 aliphatic rings. The first-order valence-electron chi connectivity index (χ1n) is 12.2. The third-order valence-electron chi connectivity index (χ3n) is 7.94. The zero-order valence-electron chi connectivity index (χ0n) is 19.5. The molecule has 4 heteroatoms. The molecule has 0 saturated carbocycles. The molecule has 5 rings (SSSR count). The fourth-order valence-corrected chi connectivity index (χ4v) is 5.86. The number of nitrogens with zero attached hydrogens (tertiary/aromatic N) is 3. The normalized spacial score (nSPS) is 25.2. The van der Waals surface area contributed by atoms with Crippen molar-refractivity contribution in [1.29, 1.82) is 0 Å². The summed E-state index contributed by atoms with van der Waals surface area (Å²) in [6, 6.07) is 12.2. The van der Waals surface area contributed by atoms with Gasteiger partial charge in [0.25, 0.3) is 0 Å². The summed E-state index contributed by atoms with van der Waals surface area (Å²) < 4.78 is 0. The Labute approximate surface area is 188 Å². The first-order chi connectivity index (χ1) is 15.0. The molecule has 166 valence electrons. The molecule has 0 amide bonds. The van der Waals surface area contributed by atoms with Crippen LogP contribution in [-0.2, 0) is 19.4 Å². The van der Waals surface area contributed by atoms with Crippen molar-refractivity contribution in [2.24, 2.45) is 5.41 Å². The van der Waals surface area contributed by atoms with Gasteiger partial charge in [0.05, 0.1) is 11.7 Å². The van der Waals surface area contributed by atoms with E-state index in [2.05, 4.69) is 66.3 Å². The van der Waals surface area contributed by atoms with E-state index in [4.69, 9.17) is 4.98 Å². The van der Waals surface area contributed by atoms with Crippen molar-refractivity contribution in [3.05, 3.63) is 58.9 Å². The molecule has 1 aromatic heterocycles. The fraction of sp³-hybridized carbons (Fsp3) is 0.593. The summed E-state index contributed by atoms with van der Waals surface area (Å²) in [6.45, 7) is 9.26. The van der Waals surface area contributed by atoms with E-state index < -0.39 is 0 Å². The van der Waals surface area contributed by atoms with E-state index >= 15 is 0 Å². The Morgan fingerprint density at radius 3 is 2.77 bits per heavy atom. The van der Waals surface area contributed by atoms with Gasteiger partial charge in [0.15, 0.2) is 0 Å². The minimum absolute atomic E-state index is 0.452. The van der Waals surface area contributed by atoms with Crippen molar-refractivity contribution >= 4 is 5.69 Å². The lowest BCUT2D eigenvalue weighted by atomic mass is 9.82. The van der Waals surface area contributed by atoms with Crippen LogP contribution in [0.3, 0.4) is 0 Å². The Kier molecular flexibility index (Phi) is 5.78. The van der Waals surface area contributed by atoms with E-state index in [1.54, 1.807) is 5.56 Å². The summed E-state index contributed by atoms with van der Waals surface area (Å²) >= 11 is 0. The zero-order chi connectivity index (χ0) is 21.4. The van der Waals surface area contributed by atoms with E-state index in [1.165, 1.54) is 67.7 Å². The number of aromatic nitrogens is 1. The molecule has 1 fully saturated rings. The maximum Gasteiger partial charge on any atom is 0.0607 e. The third kappa shape index (κ3) is 4.38. The number of nitrogens with one attached hydrogen (secondary N) is 1. The van der Waals surface area contributed by atoms with Crippen molar-refractivity contribution in [3.63, 3.8) is 0 Å². The molecule has 2 aliphatic heterocycles. The van der Waals surface area contributed by atoms with Crippen molar-refractivity contribution in [3.8, 4) is 0 Å². The van der Waals surface area contributed by atoms with E-state index in [-0.39, 0.29) is 0 Å². The van der Waals surface area contributed by atoms with Crippen LogP contribution in [-0.4, -0.2) is 42.6 Å². The number of piperidine rings is 1. The van der Waals surface area contributed by atoms with Gasteiger partial charge >= 0.3 is 0 Å². The van der Waals surface area contributed by atoms with Gasteiger partial charge in [-0.05, 0) is 79.8 Å². The second-order valence-corrected chi connectivity index (χ2v) is 10.7. The average molecular weight is 419 g/mol. The molecule has 0 bridgehead atoms. The second-order valence-electron chi connectivity index (χ2n) is 10.7. The Hall–Kier alpha value is -1.91. The number of hydrogen-bond acceptors (Lipinski definition) is 4. The van der Waals surface area contributed by atoms with Crippen LogP contribution in [0.5, 0.6) is 0 Å². The monoisotopic (exact) mass is 418 g/mol. The predicted octanol–water partition coefficient (Wildman–Crippen LogP) is 4.73. The highest BCUT2D eigenvalue weighted by Gasteiger charge is 2.30. The summed E-state index contributed by atoms with van der Waals surface area (Å²) in [7, 11) is 2.30. The smallest absolute Gasteiger partial charge is 0.0607 e. The van der Waals surface area contributed by atoms with Crippen molar-refractivity contribution in [2.45, 2.75) is 71.0 Å². The first-order valence-corrected chi connectivity index (χ1v) is 12.2. The molecule has 3 heterocycles. The van der Waals surface area contributed by atoms with Gasteiger partial charge in [-0.3, -0.25) is 9.88 Å². The van der Waals surface area contributed by atoms with Crippen LogP contribution < -0.4 is 10.2 Å². The molecule has 4 nitrogen and oxygen atoms in total. The second kappa shape index (κ2) is 8.55. The summed E-state index contributed by atoms with van der Waals surface area (Å²) in [4.78, 5) is 9.97. The highest BCUT2D eigenvalue weighted by Crippen LogP contribution is 2.36. The molecule has 2 aromatic rings. The van der Waals surface area contributed by atoms with Gasteiger partial charge in [-0.25, -0.2) is 0 Å². The van der Waals surface area contributed by atoms with E-state index in [1.807, 2.05) is 6.20 Å². The Morgan fingerprint density at radius 2 is 1.94 bits per heavy atom. The van der Waals surface area contributed by atoms with Gasteiger partial charge in [0.2, 0.25) is 0 Å². The van der Waals surface area contributed by atoms with Crippen LogP contribution in [0.15, 0.2) is 36.5 Å². The van der Waals surface area contributed by atoms with Crippen LogP contribution in [0.1, 0.15) is 68.0 Å². The first kappa shape index (κ1) is 21.0. The van der Waals surface area contributed by atoms with Crippen LogP contribution in [0.4, 0.5) is 5.69 Å². The number of pyridine rings is 1. The number of anilines is 1.